The molecule has 3 heterocycles. The number of hydrogen-bond donors (Lipinski definition) is 3. The van der Waals surface area contributed by atoms with E-state index in [1.54, 1.807) is 12.3 Å². The Balaban J connectivity index is 1.40. The molecule has 8 nitrogen and oxygen atoms in total. The van der Waals surface area contributed by atoms with Crippen LogP contribution in [-0.2, 0) is 21.8 Å². The summed E-state index contributed by atoms with van der Waals surface area (Å²) in [5, 5.41) is 9.78. The fourth-order valence-corrected chi connectivity index (χ4v) is 3.75. The zero-order valence-electron chi connectivity index (χ0n) is 16.7. The van der Waals surface area contributed by atoms with Gasteiger partial charge in [0.15, 0.2) is 6.29 Å². The summed E-state index contributed by atoms with van der Waals surface area (Å²) in [6.07, 6.45) is 2.40. The molecule has 0 aliphatic carbocycles. The SMILES string of the molecule is C[C@H](Nc1nccc(C2(C=O)NCCO2)n1)c1ccc(CN2CCNCC2)cc1. The maximum absolute atomic E-state index is 11.6. The van der Waals surface area contributed by atoms with E-state index < -0.39 is 5.72 Å². The average Bonchev–Trinajstić information content (AvgIpc) is 3.26. The van der Waals surface area contributed by atoms with E-state index in [2.05, 4.69) is 62.0 Å². The zero-order valence-corrected chi connectivity index (χ0v) is 16.7. The first-order valence-corrected chi connectivity index (χ1v) is 10.2. The van der Waals surface area contributed by atoms with E-state index in [9.17, 15) is 4.79 Å². The lowest BCUT2D eigenvalue weighted by Gasteiger charge is -2.27. The highest BCUT2D eigenvalue weighted by atomic mass is 16.5. The van der Waals surface area contributed by atoms with E-state index in [0.717, 1.165) is 44.6 Å². The fraction of sp³-hybridized carbons (Fsp3) is 0.476. The van der Waals surface area contributed by atoms with Crippen LogP contribution in [0.1, 0.15) is 29.8 Å². The molecule has 2 aliphatic heterocycles. The first-order chi connectivity index (χ1) is 14.2. The molecule has 0 amide bonds. The Kier molecular flexibility index (Phi) is 6.15. The van der Waals surface area contributed by atoms with Crippen molar-refractivity contribution in [2.45, 2.75) is 25.2 Å². The van der Waals surface area contributed by atoms with Crippen LogP contribution in [0.25, 0.3) is 0 Å². The van der Waals surface area contributed by atoms with E-state index in [1.807, 2.05) is 0 Å². The molecule has 0 spiro atoms. The number of carbonyl (C=O) groups excluding carboxylic acids is 1. The smallest absolute Gasteiger partial charge is 0.223 e. The summed E-state index contributed by atoms with van der Waals surface area (Å²) in [7, 11) is 0. The Hall–Kier alpha value is -2.39. The van der Waals surface area contributed by atoms with Crippen LogP contribution in [0.3, 0.4) is 0 Å². The molecule has 8 heteroatoms. The Morgan fingerprint density at radius 1 is 1.24 bits per heavy atom. The van der Waals surface area contributed by atoms with Crippen molar-refractivity contribution in [3.8, 4) is 0 Å². The van der Waals surface area contributed by atoms with Crippen molar-refractivity contribution in [2.24, 2.45) is 0 Å². The summed E-state index contributed by atoms with van der Waals surface area (Å²) < 4.78 is 5.59. The second-order valence-corrected chi connectivity index (χ2v) is 7.53. The molecule has 154 valence electrons. The monoisotopic (exact) mass is 396 g/mol. The third-order valence-corrected chi connectivity index (χ3v) is 5.46. The minimum Gasteiger partial charge on any atom is -0.348 e. The highest BCUT2D eigenvalue weighted by Crippen LogP contribution is 2.24. The number of carbonyl (C=O) groups is 1. The topological polar surface area (TPSA) is 91.4 Å². The predicted molar refractivity (Wildman–Crippen MR) is 110 cm³/mol. The largest absolute Gasteiger partial charge is 0.348 e. The minimum absolute atomic E-state index is 0.0307. The van der Waals surface area contributed by atoms with Crippen molar-refractivity contribution >= 4 is 12.2 Å². The van der Waals surface area contributed by atoms with Crippen LogP contribution in [0.2, 0.25) is 0 Å². The maximum atomic E-state index is 11.6. The molecule has 4 rings (SSSR count). The highest BCUT2D eigenvalue weighted by molar-refractivity contribution is 5.65. The van der Waals surface area contributed by atoms with Gasteiger partial charge in [-0.2, -0.15) is 0 Å². The number of nitrogens with zero attached hydrogens (tertiary/aromatic N) is 3. The molecule has 2 aliphatic rings. The van der Waals surface area contributed by atoms with Gasteiger partial charge in [-0.1, -0.05) is 24.3 Å². The zero-order chi connectivity index (χ0) is 20.1. The van der Waals surface area contributed by atoms with Crippen LogP contribution in [0.5, 0.6) is 0 Å². The summed E-state index contributed by atoms with van der Waals surface area (Å²) in [6, 6.07) is 10.4. The number of ether oxygens (including phenoxy) is 1. The van der Waals surface area contributed by atoms with E-state index >= 15 is 0 Å². The summed E-state index contributed by atoms with van der Waals surface area (Å²) in [6.45, 7) is 8.44. The van der Waals surface area contributed by atoms with E-state index in [0.29, 0.717) is 24.8 Å². The van der Waals surface area contributed by atoms with Gasteiger partial charge in [0.1, 0.15) is 5.69 Å². The van der Waals surface area contributed by atoms with Crippen LogP contribution in [0, 0.1) is 0 Å². The number of benzene rings is 1. The fourth-order valence-electron chi connectivity index (χ4n) is 3.75. The Morgan fingerprint density at radius 3 is 2.72 bits per heavy atom. The molecule has 3 N–H and O–H groups in total. The summed E-state index contributed by atoms with van der Waals surface area (Å²) in [5.41, 5.74) is 1.82. The predicted octanol–water partition coefficient (Wildman–Crippen LogP) is 1.03. The number of hydrogen-bond acceptors (Lipinski definition) is 8. The first kappa shape index (κ1) is 19.9. The molecule has 29 heavy (non-hydrogen) atoms. The van der Waals surface area contributed by atoms with Gasteiger partial charge in [0.05, 0.1) is 12.6 Å². The Bertz CT molecular complexity index is 816. The molecule has 2 atom stereocenters. The summed E-state index contributed by atoms with van der Waals surface area (Å²) in [4.78, 5) is 22.9. The molecule has 0 radical (unpaired) electrons. The van der Waals surface area contributed by atoms with Crippen LogP contribution in [-0.4, -0.2) is 60.5 Å². The number of aromatic nitrogens is 2. The van der Waals surface area contributed by atoms with Crippen LogP contribution >= 0.6 is 0 Å². The van der Waals surface area contributed by atoms with Crippen molar-refractivity contribution in [3.63, 3.8) is 0 Å². The number of anilines is 1. The summed E-state index contributed by atoms with van der Waals surface area (Å²) >= 11 is 0. The van der Waals surface area contributed by atoms with Crippen LogP contribution in [0.4, 0.5) is 5.95 Å². The van der Waals surface area contributed by atoms with E-state index in [4.69, 9.17) is 4.74 Å². The molecule has 0 bridgehead atoms. The number of aldehydes is 1. The van der Waals surface area contributed by atoms with Gasteiger partial charge < -0.3 is 15.4 Å². The van der Waals surface area contributed by atoms with Gasteiger partial charge in [-0.15, -0.1) is 0 Å². The lowest BCUT2D eigenvalue weighted by molar-refractivity contribution is -0.129. The summed E-state index contributed by atoms with van der Waals surface area (Å²) in [5.74, 6) is 0.471. The molecule has 0 saturated carbocycles. The van der Waals surface area contributed by atoms with Gasteiger partial charge in [-0.05, 0) is 24.1 Å². The number of piperazine rings is 1. The maximum Gasteiger partial charge on any atom is 0.223 e. The standard InChI is InChI=1S/C21H28N6O2/c1-16(18-4-2-17(3-5-18)14-27-11-8-22-9-12-27)25-20-23-7-6-19(26-20)21(15-28)24-10-13-29-21/h2-7,15-16,22,24H,8-14H2,1H3,(H,23,25,26)/t16-,21?/m0/s1. The van der Waals surface area contributed by atoms with Crippen LogP contribution in [0.15, 0.2) is 36.5 Å². The van der Waals surface area contributed by atoms with E-state index in [1.165, 1.54) is 5.56 Å². The second-order valence-electron chi connectivity index (χ2n) is 7.53. The number of rotatable bonds is 7. The minimum atomic E-state index is -1.17. The van der Waals surface area contributed by atoms with Crippen molar-refractivity contribution in [1.82, 2.24) is 25.5 Å². The first-order valence-electron chi connectivity index (χ1n) is 10.2. The highest BCUT2D eigenvalue weighted by Gasteiger charge is 2.38. The van der Waals surface area contributed by atoms with Gasteiger partial charge in [0.2, 0.25) is 11.7 Å². The van der Waals surface area contributed by atoms with Gasteiger partial charge in [0, 0.05) is 45.5 Å². The van der Waals surface area contributed by atoms with Crippen molar-refractivity contribution in [1.29, 1.82) is 0 Å². The van der Waals surface area contributed by atoms with Crippen molar-refractivity contribution in [3.05, 3.63) is 53.3 Å². The molecule has 2 fully saturated rings. The molecule has 1 unspecified atom stereocenters. The number of nitrogens with one attached hydrogen (secondary N) is 3. The van der Waals surface area contributed by atoms with Crippen molar-refractivity contribution in [2.75, 3.05) is 44.6 Å². The Labute approximate surface area is 171 Å². The quantitative estimate of drug-likeness (QED) is 0.598. The van der Waals surface area contributed by atoms with Gasteiger partial charge in [0.25, 0.3) is 0 Å². The molecule has 1 aromatic heterocycles. The van der Waals surface area contributed by atoms with Gasteiger partial charge >= 0.3 is 0 Å². The third-order valence-electron chi connectivity index (χ3n) is 5.46. The molecular weight excluding hydrogens is 368 g/mol. The second kappa shape index (κ2) is 8.96. The third kappa shape index (κ3) is 4.62. The van der Waals surface area contributed by atoms with Gasteiger partial charge in [-0.3, -0.25) is 15.0 Å². The van der Waals surface area contributed by atoms with E-state index in [-0.39, 0.29) is 6.04 Å². The molecule has 2 aromatic rings. The lowest BCUT2D eigenvalue weighted by atomic mass is 10.1. The molecule has 1 aromatic carbocycles. The normalized spacial score (nSPS) is 23.6. The van der Waals surface area contributed by atoms with Gasteiger partial charge in [-0.25, -0.2) is 9.97 Å². The van der Waals surface area contributed by atoms with Crippen molar-refractivity contribution < 1.29 is 9.53 Å². The molecular formula is C21H28N6O2. The van der Waals surface area contributed by atoms with Crippen LogP contribution < -0.4 is 16.0 Å². The Morgan fingerprint density at radius 2 is 2.03 bits per heavy atom. The average molecular weight is 396 g/mol. The molecule has 2 saturated heterocycles. The lowest BCUT2D eigenvalue weighted by Crippen LogP contribution is -2.42.